The fourth-order valence-corrected chi connectivity index (χ4v) is 2.94. The first-order valence-electron chi connectivity index (χ1n) is 5.95. The van der Waals surface area contributed by atoms with Crippen molar-refractivity contribution in [2.24, 2.45) is 0 Å². The standard InChI is InChI=1S/C12H15BrN2O3/c13-11-7-9(15(17)18)4-5-12(11)14-6-2-1-3-10(14)8-16/h4-5,7,10,16H,1-3,6,8H2. The summed E-state index contributed by atoms with van der Waals surface area (Å²) in [4.78, 5) is 12.4. The summed E-state index contributed by atoms with van der Waals surface area (Å²) in [7, 11) is 0. The van der Waals surface area contributed by atoms with Gasteiger partial charge in [-0.05, 0) is 41.3 Å². The average Bonchev–Trinajstić information content (AvgIpc) is 2.38. The maximum absolute atomic E-state index is 10.7. The molecule has 18 heavy (non-hydrogen) atoms. The summed E-state index contributed by atoms with van der Waals surface area (Å²) < 4.78 is 0.706. The maximum atomic E-state index is 10.7. The van der Waals surface area contributed by atoms with E-state index < -0.39 is 4.92 Å². The molecule has 1 fully saturated rings. The molecule has 0 aromatic heterocycles. The van der Waals surface area contributed by atoms with Crippen molar-refractivity contribution in [2.75, 3.05) is 18.1 Å². The van der Waals surface area contributed by atoms with Crippen molar-refractivity contribution in [3.05, 3.63) is 32.8 Å². The Morgan fingerprint density at radius 1 is 1.50 bits per heavy atom. The highest BCUT2D eigenvalue weighted by Crippen LogP contribution is 2.33. The number of halogens is 1. The van der Waals surface area contributed by atoms with Crippen LogP contribution in [0.4, 0.5) is 11.4 Å². The molecule has 0 saturated carbocycles. The van der Waals surface area contributed by atoms with E-state index in [0.717, 1.165) is 31.5 Å². The van der Waals surface area contributed by atoms with Crippen molar-refractivity contribution >= 4 is 27.3 Å². The molecule has 5 nitrogen and oxygen atoms in total. The van der Waals surface area contributed by atoms with E-state index in [-0.39, 0.29) is 18.3 Å². The van der Waals surface area contributed by atoms with Crippen molar-refractivity contribution in [2.45, 2.75) is 25.3 Å². The van der Waals surface area contributed by atoms with Gasteiger partial charge in [-0.25, -0.2) is 0 Å². The van der Waals surface area contributed by atoms with Crippen molar-refractivity contribution < 1.29 is 10.0 Å². The topological polar surface area (TPSA) is 66.6 Å². The van der Waals surface area contributed by atoms with Gasteiger partial charge in [0.2, 0.25) is 0 Å². The van der Waals surface area contributed by atoms with Crippen LogP contribution in [0.15, 0.2) is 22.7 Å². The Morgan fingerprint density at radius 3 is 2.89 bits per heavy atom. The van der Waals surface area contributed by atoms with Crippen LogP contribution in [0.3, 0.4) is 0 Å². The summed E-state index contributed by atoms with van der Waals surface area (Å²) in [6.07, 6.45) is 3.16. The second-order valence-corrected chi connectivity index (χ2v) is 5.27. The first kappa shape index (κ1) is 13.3. The van der Waals surface area contributed by atoms with Crippen molar-refractivity contribution in [3.63, 3.8) is 0 Å². The Balaban J connectivity index is 2.29. The largest absolute Gasteiger partial charge is 0.394 e. The molecule has 0 spiro atoms. The second kappa shape index (κ2) is 5.67. The van der Waals surface area contributed by atoms with Gasteiger partial charge in [0.25, 0.3) is 5.69 Å². The monoisotopic (exact) mass is 314 g/mol. The number of nitro benzene ring substituents is 1. The quantitative estimate of drug-likeness (QED) is 0.688. The first-order chi connectivity index (χ1) is 8.63. The average molecular weight is 315 g/mol. The predicted molar refractivity (Wildman–Crippen MR) is 72.9 cm³/mol. The highest BCUT2D eigenvalue weighted by Gasteiger charge is 2.24. The predicted octanol–water partition coefficient (Wildman–Crippen LogP) is 2.71. The second-order valence-electron chi connectivity index (χ2n) is 4.42. The van der Waals surface area contributed by atoms with Crippen LogP contribution in [0.5, 0.6) is 0 Å². The van der Waals surface area contributed by atoms with E-state index >= 15 is 0 Å². The van der Waals surface area contributed by atoms with Gasteiger partial charge in [-0.3, -0.25) is 10.1 Å². The molecular formula is C12H15BrN2O3. The van der Waals surface area contributed by atoms with Crippen molar-refractivity contribution in [1.29, 1.82) is 0 Å². The van der Waals surface area contributed by atoms with E-state index in [1.165, 1.54) is 12.1 Å². The number of piperidine rings is 1. The Hall–Kier alpha value is -1.14. The zero-order valence-corrected chi connectivity index (χ0v) is 11.5. The number of aliphatic hydroxyl groups is 1. The van der Waals surface area contributed by atoms with Gasteiger partial charge in [0.15, 0.2) is 0 Å². The SMILES string of the molecule is O=[N+]([O-])c1ccc(N2CCCCC2CO)c(Br)c1. The Kier molecular flexibility index (Phi) is 4.19. The van der Waals surface area contributed by atoms with Gasteiger partial charge in [0, 0.05) is 23.2 Å². The molecule has 98 valence electrons. The summed E-state index contributed by atoms with van der Waals surface area (Å²) in [5.41, 5.74) is 0.988. The number of nitro groups is 1. The molecule has 0 amide bonds. The highest BCUT2D eigenvalue weighted by atomic mass is 79.9. The lowest BCUT2D eigenvalue weighted by Gasteiger charge is -2.37. The van der Waals surface area contributed by atoms with Crippen LogP contribution in [0.2, 0.25) is 0 Å². The molecule has 0 radical (unpaired) electrons. The molecule has 1 unspecified atom stereocenters. The van der Waals surface area contributed by atoms with Gasteiger partial charge in [-0.1, -0.05) is 0 Å². The van der Waals surface area contributed by atoms with Gasteiger partial charge in [-0.15, -0.1) is 0 Å². The Morgan fingerprint density at radius 2 is 2.28 bits per heavy atom. The van der Waals surface area contributed by atoms with Crippen LogP contribution in [-0.2, 0) is 0 Å². The minimum Gasteiger partial charge on any atom is -0.394 e. The number of nitrogens with zero attached hydrogens (tertiary/aromatic N) is 2. The third-order valence-corrected chi connectivity index (χ3v) is 3.92. The van der Waals surface area contributed by atoms with E-state index in [9.17, 15) is 15.2 Å². The van der Waals surface area contributed by atoms with E-state index in [1.54, 1.807) is 6.07 Å². The van der Waals surface area contributed by atoms with E-state index in [4.69, 9.17) is 0 Å². The minimum atomic E-state index is -0.408. The maximum Gasteiger partial charge on any atom is 0.270 e. The van der Waals surface area contributed by atoms with Crippen LogP contribution in [-0.4, -0.2) is 29.2 Å². The van der Waals surface area contributed by atoms with E-state index in [0.29, 0.717) is 4.47 Å². The Labute approximate surface area is 114 Å². The lowest BCUT2D eigenvalue weighted by atomic mass is 10.0. The van der Waals surface area contributed by atoms with Gasteiger partial charge in [0.05, 0.1) is 23.3 Å². The van der Waals surface area contributed by atoms with Crippen LogP contribution in [0.25, 0.3) is 0 Å². The summed E-state index contributed by atoms with van der Waals surface area (Å²) in [6.45, 7) is 0.991. The number of aliphatic hydroxyl groups excluding tert-OH is 1. The van der Waals surface area contributed by atoms with E-state index in [2.05, 4.69) is 20.8 Å². The smallest absolute Gasteiger partial charge is 0.270 e. The zero-order valence-electron chi connectivity index (χ0n) is 9.88. The number of anilines is 1. The molecule has 1 saturated heterocycles. The number of rotatable bonds is 3. The molecule has 0 aliphatic carbocycles. The molecule has 1 aliphatic heterocycles. The summed E-state index contributed by atoms with van der Waals surface area (Å²) >= 11 is 3.38. The Bertz CT molecular complexity index is 453. The lowest BCUT2D eigenvalue weighted by molar-refractivity contribution is -0.384. The number of hydrogen-bond acceptors (Lipinski definition) is 4. The molecule has 2 rings (SSSR count). The molecule has 6 heteroatoms. The van der Waals surface area contributed by atoms with Gasteiger partial charge in [0.1, 0.15) is 0 Å². The first-order valence-corrected chi connectivity index (χ1v) is 6.74. The summed E-state index contributed by atoms with van der Waals surface area (Å²) in [5.74, 6) is 0. The van der Waals surface area contributed by atoms with Crippen LogP contribution in [0.1, 0.15) is 19.3 Å². The molecule has 1 aromatic rings. The van der Waals surface area contributed by atoms with Crippen LogP contribution < -0.4 is 4.90 Å². The number of non-ortho nitro benzene ring substituents is 1. The molecule has 1 aromatic carbocycles. The van der Waals surface area contributed by atoms with Crippen LogP contribution in [0, 0.1) is 10.1 Å². The fraction of sp³-hybridized carbons (Fsp3) is 0.500. The van der Waals surface area contributed by atoms with Gasteiger partial charge >= 0.3 is 0 Å². The van der Waals surface area contributed by atoms with Crippen molar-refractivity contribution in [1.82, 2.24) is 0 Å². The third-order valence-electron chi connectivity index (χ3n) is 3.29. The molecule has 1 N–H and O–H groups in total. The molecule has 1 atom stereocenters. The number of benzene rings is 1. The summed E-state index contributed by atoms with van der Waals surface area (Å²) in [5, 5.41) is 20.1. The zero-order chi connectivity index (χ0) is 13.1. The minimum absolute atomic E-state index is 0.0724. The van der Waals surface area contributed by atoms with Crippen molar-refractivity contribution in [3.8, 4) is 0 Å². The molecular weight excluding hydrogens is 300 g/mol. The number of hydrogen-bond donors (Lipinski definition) is 1. The van der Waals surface area contributed by atoms with Crippen LogP contribution >= 0.6 is 15.9 Å². The van der Waals surface area contributed by atoms with Gasteiger partial charge in [-0.2, -0.15) is 0 Å². The summed E-state index contributed by atoms with van der Waals surface area (Å²) in [6, 6.07) is 4.87. The normalized spacial score (nSPS) is 19.9. The lowest BCUT2D eigenvalue weighted by Crippen LogP contribution is -2.42. The molecule has 1 aliphatic rings. The fourth-order valence-electron chi connectivity index (χ4n) is 2.35. The van der Waals surface area contributed by atoms with Gasteiger partial charge < -0.3 is 10.0 Å². The molecule has 1 heterocycles. The van der Waals surface area contributed by atoms with E-state index in [1.807, 2.05) is 0 Å². The third kappa shape index (κ3) is 2.64. The highest BCUT2D eigenvalue weighted by molar-refractivity contribution is 9.10. The molecule has 0 bridgehead atoms.